The van der Waals surface area contributed by atoms with Crippen LogP contribution in [0.25, 0.3) is 10.9 Å². The molecule has 2 aromatic heterocycles. The second-order valence-corrected chi connectivity index (χ2v) is 8.69. The molecule has 5 rings (SSSR count). The van der Waals surface area contributed by atoms with Crippen molar-refractivity contribution in [1.29, 1.82) is 0 Å². The van der Waals surface area contributed by atoms with E-state index >= 15 is 0 Å². The number of aromatic amines is 1. The van der Waals surface area contributed by atoms with Crippen molar-refractivity contribution in [3.63, 3.8) is 0 Å². The fraction of sp³-hybridized carbons (Fsp3) is 0.280. The van der Waals surface area contributed by atoms with Gasteiger partial charge in [-0.1, -0.05) is 35.4 Å². The Kier molecular flexibility index (Phi) is 5.42. The predicted octanol–water partition coefficient (Wildman–Crippen LogP) is 3.15. The number of anilines is 1. The summed E-state index contributed by atoms with van der Waals surface area (Å²) in [6.07, 6.45) is 4.70. The third-order valence-corrected chi connectivity index (χ3v) is 6.07. The highest BCUT2D eigenvalue weighted by atomic mass is 16.2. The normalized spacial score (nSPS) is 14.9. The number of carbonyl (C=O) groups is 1. The lowest BCUT2D eigenvalue weighted by atomic mass is 10.1. The molecule has 1 aliphatic rings. The van der Waals surface area contributed by atoms with Crippen LogP contribution in [0.4, 0.5) is 5.82 Å². The molecule has 0 saturated heterocycles. The molecular weight excluding hydrogens is 416 g/mol. The number of aryl methyl sites for hydroxylation is 3. The van der Waals surface area contributed by atoms with Gasteiger partial charge in [0, 0.05) is 30.4 Å². The molecule has 2 aromatic carbocycles. The van der Waals surface area contributed by atoms with Crippen LogP contribution in [0, 0.1) is 13.8 Å². The molecule has 1 amide bonds. The number of nitrogens with one attached hydrogen (secondary N) is 3. The Labute approximate surface area is 191 Å². The minimum Gasteiger partial charge on any atom is -0.361 e. The smallest absolute Gasteiger partial charge is 0.294 e. The molecular formula is C25H26N6O2. The maximum Gasteiger partial charge on any atom is 0.294 e. The molecule has 0 aliphatic carbocycles. The number of fused-ring (bicyclic) bond motifs is 2. The first kappa shape index (κ1) is 20.9. The van der Waals surface area contributed by atoms with Gasteiger partial charge in [-0.15, -0.1) is 0 Å². The van der Waals surface area contributed by atoms with Gasteiger partial charge >= 0.3 is 0 Å². The molecule has 1 atom stereocenters. The van der Waals surface area contributed by atoms with Crippen LogP contribution in [0.5, 0.6) is 0 Å². The summed E-state index contributed by atoms with van der Waals surface area (Å²) >= 11 is 0. The van der Waals surface area contributed by atoms with Crippen molar-refractivity contribution in [3.05, 3.63) is 87.1 Å². The largest absolute Gasteiger partial charge is 0.361 e. The lowest BCUT2D eigenvalue weighted by Crippen LogP contribution is -2.36. The van der Waals surface area contributed by atoms with Gasteiger partial charge in [-0.25, -0.2) is 4.98 Å². The third-order valence-electron chi connectivity index (χ3n) is 6.07. The quantitative estimate of drug-likeness (QED) is 0.426. The molecule has 3 N–H and O–H groups in total. The van der Waals surface area contributed by atoms with Crippen LogP contribution < -0.4 is 16.2 Å². The topological polar surface area (TPSA) is 105 Å². The molecule has 33 heavy (non-hydrogen) atoms. The van der Waals surface area contributed by atoms with E-state index in [1.165, 1.54) is 11.1 Å². The Bertz CT molecular complexity index is 1380. The Balaban J connectivity index is 1.30. The van der Waals surface area contributed by atoms with Crippen molar-refractivity contribution >= 4 is 22.6 Å². The van der Waals surface area contributed by atoms with Crippen molar-refractivity contribution in [1.82, 2.24) is 25.1 Å². The van der Waals surface area contributed by atoms with Crippen molar-refractivity contribution < 1.29 is 4.79 Å². The summed E-state index contributed by atoms with van der Waals surface area (Å²) in [6.45, 7) is 4.99. The van der Waals surface area contributed by atoms with Crippen LogP contribution in [0.15, 0.2) is 53.6 Å². The van der Waals surface area contributed by atoms with Crippen molar-refractivity contribution in [2.24, 2.45) is 0 Å². The van der Waals surface area contributed by atoms with Gasteiger partial charge in [0.05, 0.1) is 11.7 Å². The van der Waals surface area contributed by atoms with Crippen LogP contribution in [-0.2, 0) is 24.3 Å². The lowest BCUT2D eigenvalue weighted by Gasteiger charge is -2.16. The number of benzene rings is 2. The first-order valence-electron chi connectivity index (χ1n) is 11.1. The standard InChI is InChI=1S/C25H26N6O2/c1-15-7-16(2)9-18(8-15)12-26-23-25(33)31-20(14-27-23)4-6-22(31)24(32)28-11-17-3-5-21-19(10-17)13-29-30-21/h3,5,7-10,13-14,22H,4,6,11-12H2,1-2H3,(H,26,27)(H,28,32)(H,29,30)/t22-/m0/s1. The zero-order valence-corrected chi connectivity index (χ0v) is 18.7. The minimum absolute atomic E-state index is 0.158. The summed E-state index contributed by atoms with van der Waals surface area (Å²) in [4.78, 5) is 30.5. The van der Waals surface area contributed by atoms with Gasteiger partial charge in [0.2, 0.25) is 5.91 Å². The average molecular weight is 443 g/mol. The van der Waals surface area contributed by atoms with Gasteiger partial charge in [-0.3, -0.25) is 19.3 Å². The molecule has 3 heterocycles. The number of H-pyrrole nitrogens is 1. The molecule has 8 nitrogen and oxygen atoms in total. The first-order valence-corrected chi connectivity index (χ1v) is 11.1. The number of rotatable bonds is 6. The van der Waals surface area contributed by atoms with E-state index in [1.807, 2.05) is 18.2 Å². The van der Waals surface area contributed by atoms with E-state index in [9.17, 15) is 9.59 Å². The number of hydrogen-bond donors (Lipinski definition) is 3. The second kappa shape index (κ2) is 8.54. The molecule has 1 aliphatic heterocycles. The SMILES string of the molecule is Cc1cc(C)cc(CNc2ncc3n(c2=O)[C@H](C(=O)NCc2ccc4[nH]ncc4c2)CC3)c1. The zero-order valence-electron chi connectivity index (χ0n) is 18.7. The number of carbonyl (C=O) groups excluding carboxylic acids is 1. The average Bonchev–Trinajstić information content (AvgIpc) is 3.43. The van der Waals surface area contributed by atoms with E-state index in [2.05, 4.69) is 57.9 Å². The summed E-state index contributed by atoms with van der Waals surface area (Å²) in [5.41, 5.74) is 5.90. The predicted molar refractivity (Wildman–Crippen MR) is 127 cm³/mol. The summed E-state index contributed by atoms with van der Waals surface area (Å²) < 4.78 is 1.59. The van der Waals surface area contributed by atoms with Crippen molar-refractivity contribution in [3.8, 4) is 0 Å². The highest BCUT2D eigenvalue weighted by Gasteiger charge is 2.30. The lowest BCUT2D eigenvalue weighted by molar-refractivity contribution is -0.124. The summed E-state index contributed by atoms with van der Waals surface area (Å²) in [6, 6.07) is 11.6. The maximum atomic E-state index is 13.2. The molecule has 8 heteroatoms. The van der Waals surface area contributed by atoms with Crippen molar-refractivity contribution in [2.75, 3.05) is 5.32 Å². The minimum atomic E-state index is -0.532. The molecule has 0 fully saturated rings. The van der Waals surface area contributed by atoms with Crippen LogP contribution in [0.2, 0.25) is 0 Å². The van der Waals surface area contributed by atoms with Gasteiger partial charge in [0.15, 0.2) is 5.82 Å². The molecule has 0 radical (unpaired) electrons. The Hall–Kier alpha value is -3.94. The number of amides is 1. The number of hydrogen-bond acceptors (Lipinski definition) is 5. The van der Waals surface area contributed by atoms with Crippen molar-refractivity contribution in [2.45, 2.75) is 45.8 Å². The number of nitrogens with zero attached hydrogens (tertiary/aromatic N) is 3. The highest BCUT2D eigenvalue weighted by molar-refractivity contribution is 5.81. The maximum absolute atomic E-state index is 13.2. The fourth-order valence-electron chi connectivity index (χ4n) is 4.58. The summed E-state index contributed by atoms with van der Waals surface area (Å²) in [7, 11) is 0. The molecule has 168 valence electrons. The van der Waals surface area contributed by atoms with E-state index in [1.54, 1.807) is 17.0 Å². The van der Waals surface area contributed by atoms with Crippen LogP contribution in [-0.4, -0.2) is 25.7 Å². The van der Waals surface area contributed by atoms with E-state index in [4.69, 9.17) is 0 Å². The van der Waals surface area contributed by atoms with Crippen LogP contribution >= 0.6 is 0 Å². The zero-order chi connectivity index (χ0) is 22.9. The van der Waals surface area contributed by atoms with Crippen LogP contribution in [0.1, 0.15) is 40.4 Å². The summed E-state index contributed by atoms with van der Waals surface area (Å²) in [5, 5.41) is 14.1. The van der Waals surface area contributed by atoms with Gasteiger partial charge < -0.3 is 10.6 Å². The van der Waals surface area contributed by atoms with Gasteiger partial charge in [-0.2, -0.15) is 5.10 Å². The Morgan fingerprint density at radius 2 is 1.91 bits per heavy atom. The second-order valence-electron chi connectivity index (χ2n) is 8.69. The molecule has 0 saturated carbocycles. The van der Waals surface area contributed by atoms with E-state index in [0.29, 0.717) is 25.9 Å². The first-order chi connectivity index (χ1) is 16.0. The third kappa shape index (κ3) is 4.24. The highest BCUT2D eigenvalue weighted by Crippen LogP contribution is 2.24. The Morgan fingerprint density at radius 1 is 1.09 bits per heavy atom. The van der Waals surface area contributed by atoms with E-state index in [-0.39, 0.29) is 17.3 Å². The van der Waals surface area contributed by atoms with E-state index < -0.39 is 6.04 Å². The van der Waals surface area contributed by atoms with Gasteiger partial charge in [0.25, 0.3) is 5.56 Å². The monoisotopic (exact) mass is 442 g/mol. The summed E-state index contributed by atoms with van der Waals surface area (Å²) in [5.74, 6) is 0.109. The molecule has 0 unspecified atom stereocenters. The van der Waals surface area contributed by atoms with Gasteiger partial charge in [0.1, 0.15) is 6.04 Å². The number of aromatic nitrogens is 4. The van der Waals surface area contributed by atoms with E-state index in [0.717, 1.165) is 27.7 Å². The van der Waals surface area contributed by atoms with Gasteiger partial charge in [-0.05, 0) is 49.9 Å². The molecule has 0 spiro atoms. The van der Waals surface area contributed by atoms with Crippen LogP contribution in [0.3, 0.4) is 0 Å². The molecule has 0 bridgehead atoms. The molecule has 4 aromatic rings. The fourth-order valence-corrected chi connectivity index (χ4v) is 4.58. The Morgan fingerprint density at radius 3 is 2.73 bits per heavy atom.